The predicted molar refractivity (Wildman–Crippen MR) is 88.1 cm³/mol. The van der Waals surface area contributed by atoms with Crippen LogP contribution in [0.2, 0.25) is 0 Å². The highest BCUT2D eigenvalue weighted by Gasteiger charge is 2.35. The lowest BCUT2D eigenvalue weighted by atomic mass is 10.2. The first-order valence-corrected chi connectivity index (χ1v) is 9.45. The van der Waals surface area contributed by atoms with Crippen molar-refractivity contribution in [3.8, 4) is 0 Å². The molecule has 0 aromatic heterocycles. The molecule has 0 aliphatic carbocycles. The van der Waals surface area contributed by atoms with Crippen molar-refractivity contribution < 1.29 is 17.5 Å². The van der Waals surface area contributed by atoms with E-state index in [0.717, 1.165) is 19.4 Å². The highest BCUT2D eigenvalue weighted by molar-refractivity contribution is 7.88. The molecule has 0 saturated carbocycles. The van der Waals surface area contributed by atoms with E-state index < -0.39 is 15.8 Å². The first kappa shape index (κ1) is 18.3. The Hall–Kier alpha value is -1.02. The molecule has 23 heavy (non-hydrogen) atoms. The topological polar surface area (TPSA) is 49.9 Å². The second-order valence-electron chi connectivity index (χ2n) is 6.01. The van der Waals surface area contributed by atoms with Gasteiger partial charge in [0.05, 0.1) is 12.4 Å². The second kappa shape index (κ2) is 8.19. The fraction of sp³-hybridized carbons (Fsp3) is 0.625. The Kier molecular flexibility index (Phi) is 6.52. The number of hydrogen-bond acceptors (Lipinski definition) is 4. The van der Waals surface area contributed by atoms with Crippen LogP contribution in [0.4, 0.5) is 4.39 Å². The van der Waals surface area contributed by atoms with Gasteiger partial charge >= 0.3 is 0 Å². The zero-order valence-electron chi connectivity index (χ0n) is 13.7. The summed E-state index contributed by atoms with van der Waals surface area (Å²) in [6, 6.07) is 6.00. The van der Waals surface area contributed by atoms with Crippen LogP contribution in [0, 0.1) is 5.82 Å². The summed E-state index contributed by atoms with van der Waals surface area (Å²) >= 11 is 0. The number of halogens is 1. The third kappa shape index (κ3) is 4.97. The molecule has 0 N–H and O–H groups in total. The number of sulfonamides is 1. The molecular formula is C16H25FN2O3S. The molecule has 1 aromatic rings. The summed E-state index contributed by atoms with van der Waals surface area (Å²) in [6.07, 6.45) is 1.69. The van der Waals surface area contributed by atoms with E-state index in [1.807, 2.05) is 7.05 Å². The Labute approximate surface area is 138 Å². The molecule has 1 aliphatic rings. The highest BCUT2D eigenvalue weighted by atomic mass is 32.2. The standard InChI is InChI=1S/C16H25FN2O3S/c1-18(10-11-22-2)12-15-7-5-9-19(15)23(20,21)13-14-6-3-4-8-16(14)17/h3-4,6,8,15H,5,7,9-13H2,1-2H3. The van der Waals surface area contributed by atoms with Gasteiger partial charge in [-0.05, 0) is 26.0 Å². The lowest BCUT2D eigenvalue weighted by Gasteiger charge is -2.28. The smallest absolute Gasteiger partial charge is 0.218 e. The lowest BCUT2D eigenvalue weighted by Crippen LogP contribution is -2.43. The first-order valence-electron chi connectivity index (χ1n) is 7.84. The molecule has 0 radical (unpaired) electrons. The number of methoxy groups -OCH3 is 1. The minimum atomic E-state index is -3.52. The molecule has 1 saturated heterocycles. The summed E-state index contributed by atoms with van der Waals surface area (Å²) in [5.74, 6) is -0.748. The van der Waals surface area contributed by atoms with Crippen molar-refractivity contribution in [2.24, 2.45) is 0 Å². The minimum Gasteiger partial charge on any atom is -0.383 e. The number of nitrogens with zero attached hydrogens (tertiary/aromatic N) is 2. The Morgan fingerprint density at radius 2 is 2.13 bits per heavy atom. The molecule has 5 nitrogen and oxygen atoms in total. The summed E-state index contributed by atoms with van der Waals surface area (Å²) in [5, 5.41) is 0. The Balaban J connectivity index is 2.04. The number of likely N-dealkylation sites (N-methyl/N-ethyl adjacent to an activating group) is 1. The van der Waals surface area contributed by atoms with E-state index in [4.69, 9.17) is 4.74 Å². The molecule has 2 rings (SSSR count). The van der Waals surface area contributed by atoms with Crippen molar-refractivity contribution in [2.75, 3.05) is 40.4 Å². The van der Waals surface area contributed by atoms with Crippen molar-refractivity contribution in [1.82, 2.24) is 9.21 Å². The maximum Gasteiger partial charge on any atom is 0.218 e. The Bertz CT molecular complexity index is 609. The maximum atomic E-state index is 13.7. The number of rotatable bonds is 8. The van der Waals surface area contributed by atoms with Gasteiger partial charge in [-0.15, -0.1) is 0 Å². The molecule has 0 bridgehead atoms. The van der Waals surface area contributed by atoms with Crippen molar-refractivity contribution in [3.05, 3.63) is 35.6 Å². The van der Waals surface area contributed by atoms with Crippen molar-refractivity contribution in [1.29, 1.82) is 0 Å². The lowest BCUT2D eigenvalue weighted by molar-refractivity contribution is 0.151. The molecule has 1 atom stereocenters. The van der Waals surface area contributed by atoms with Gasteiger partial charge in [-0.1, -0.05) is 18.2 Å². The molecule has 0 spiro atoms. The van der Waals surface area contributed by atoms with Crippen LogP contribution in [-0.4, -0.2) is 64.1 Å². The van der Waals surface area contributed by atoms with Crippen LogP contribution in [0.5, 0.6) is 0 Å². The van der Waals surface area contributed by atoms with E-state index in [1.165, 1.54) is 12.1 Å². The maximum absolute atomic E-state index is 13.7. The monoisotopic (exact) mass is 344 g/mol. The molecule has 1 aromatic carbocycles. The first-order chi connectivity index (χ1) is 10.9. The quantitative estimate of drug-likeness (QED) is 0.720. The summed E-state index contributed by atoms with van der Waals surface area (Å²) < 4.78 is 45.7. The summed E-state index contributed by atoms with van der Waals surface area (Å²) in [7, 11) is 0.0893. The van der Waals surface area contributed by atoms with Gasteiger partial charge in [0, 0.05) is 38.3 Å². The summed E-state index contributed by atoms with van der Waals surface area (Å²) in [6.45, 7) is 2.55. The number of ether oxygens (including phenoxy) is 1. The second-order valence-corrected chi connectivity index (χ2v) is 7.93. The van der Waals surface area contributed by atoms with E-state index in [9.17, 15) is 12.8 Å². The molecule has 1 fully saturated rings. The van der Waals surface area contributed by atoms with Gasteiger partial charge in [0.1, 0.15) is 5.82 Å². The normalized spacial score (nSPS) is 19.6. The average Bonchev–Trinajstić information content (AvgIpc) is 2.96. The van der Waals surface area contributed by atoms with E-state index in [-0.39, 0.29) is 17.4 Å². The fourth-order valence-corrected chi connectivity index (χ4v) is 4.78. The van der Waals surface area contributed by atoms with Gasteiger partial charge in [-0.25, -0.2) is 12.8 Å². The van der Waals surface area contributed by atoms with Crippen LogP contribution in [0.15, 0.2) is 24.3 Å². The van der Waals surface area contributed by atoms with Gasteiger partial charge in [0.25, 0.3) is 0 Å². The van der Waals surface area contributed by atoms with Gasteiger partial charge in [-0.2, -0.15) is 4.31 Å². The van der Waals surface area contributed by atoms with Gasteiger partial charge in [0.2, 0.25) is 10.0 Å². The van der Waals surface area contributed by atoms with Crippen LogP contribution in [-0.2, 0) is 20.5 Å². The van der Waals surface area contributed by atoms with Gasteiger partial charge < -0.3 is 9.64 Å². The van der Waals surface area contributed by atoms with Crippen LogP contribution in [0.1, 0.15) is 18.4 Å². The fourth-order valence-electron chi connectivity index (χ4n) is 2.95. The van der Waals surface area contributed by atoms with E-state index in [2.05, 4.69) is 4.90 Å². The SMILES string of the molecule is COCCN(C)CC1CCCN1S(=O)(=O)Cc1ccccc1F. The number of hydrogen-bond donors (Lipinski definition) is 0. The van der Waals surface area contributed by atoms with Crippen LogP contribution < -0.4 is 0 Å². The third-order valence-electron chi connectivity index (χ3n) is 4.18. The van der Waals surface area contributed by atoms with Crippen LogP contribution in [0.3, 0.4) is 0 Å². The summed E-state index contributed by atoms with van der Waals surface area (Å²) in [4.78, 5) is 2.07. The summed E-state index contributed by atoms with van der Waals surface area (Å²) in [5.41, 5.74) is 0.228. The van der Waals surface area contributed by atoms with Crippen molar-refractivity contribution in [3.63, 3.8) is 0 Å². The number of benzene rings is 1. The van der Waals surface area contributed by atoms with Crippen molar-refractivity contribution in [2.45, 2.75) is 24.6 Å². The zero-order chi connectivity index (χ0) is 16.9. The predicted octanol–water partition coefficient (Wildman–Crippen LogP) is 1.70. The molecule has 1 heterocycles. The molecule has 7 heteroatoms. The van der Waals surface area contributed by atoms with Crippen LogP contribution >= 0.6 is 0 Å². The molecular weight excluding hydrogens is 319 g/mol. The minimum absolute atomic E-state index is 0.0476. The van der Waals surface area contributed by atoms with E-state index in [0.29, 0.717) is 19.7 Å². The zero-order valence-corrected chi connectivity index (χ0v) is 14.6. The van der Waals surface area contributed by atoms with Crippen LogP contribution in [0.25, 0.3) is 0 Å². The Morgan fingerprint density at radius 1 is 1.39 bits per heavy atom. The molecule has 1 aliphatic heterocycles. The van der Waals surface area contributed by atoms with Gasteiger partial charge in [-0.3, -0.25) is 0 Å². The molecule has 0 amide bonds. The molecule has 1 unspecified atom stereocenters. The van der Waals surface area contributed by atoms with E-state index in [1.54, 1.807) is 23.5 Å². The van der Waals surface area contributed by atoms with E-state index >= 15 is 0 Å². The van der Waals surface area contributed by atoms with Gasteiger partial charge in [0.15, 0.2) is 0 Å². The molecule has 130 valence electrons. The largest absolute Gasteiger partial charge is 0.383 e. The van der Waals surface area contributed by atoms with Crippen molar-refractivity contribution >= 4 is 10.0 Å². The third-order valence-corrected chi connectivity index (χ3v) is 6.05. The average molecular weight is 344 g/mol. The highest BCUT2D eigenvalue weighted by Crippen LogP contribution is 2.24. The Morgan fingerprint density at radius 3 is 2.83 bits per heavy atom.